The van der Waals surface area contributed by atoms with Crippen molar-refractivity contribution in [3.05, 3.63) is 65.2 Å². The summed E-state index contributed by atoms with van der Waals surface area (Å²) in [6.07, 6.45) is 0.970. The fraction of sp³-hybridized carbons (Fsp3) is 0.697. The van der Waals surface area contributed by atoms with Gasteiger partial charge in [0.25, 0.3) is 11.1 Å². The lowest BCUT2D eigenvalue weighted by atomic mass is 10.00. The maximum absolute atomic E-state index is 12.1. The fourth-order valence-corrected chi connectivity index (χ4v) is 6.56. The van der Waals surface area contributed by atoms with Crippen LogP contribution in [0.25, 0.3) is 0 Å². The normalized spacial score (nSPS) is 23.8. The summed E-state index contributed by atoms with van der Waals surface area (Å²) >= 11 is 0. The molecule has 2 aromatic heterocycles. The number of aliphatic hydroxyl groups excluding tert-OH is 1. The highest BCUT2D eigenvalue weighted by molar-refractivity contribution is 7.59. The van der Waals surface area contributed by atoms with Crippen LogP contribution in [0.15, 0.2) is 31.6 Å². The van der Waals surface area contributed by atoms with Crippen molar-refractivity contribution in [3.63, 3.8) is 0 Å². The molecule has 0 amide bonds. The lowest BCUT2D eigenvalue weighted by Gasteiger charge is -2.39. The Kier molecular flexibility index (Phi) is 16.5. The van der Waals surface area contributed by atoms with Crippen molar-refractivity contribution in [1.29, 1.82) is 0 Å². The van der Waals surface area contributed by atoms with Gasteiger partial charge in [0, 0.05) is 36.9 Å². The van der Waals surface area contributed by atoms with Crippen LogP contribution in [0, 0.1) is 19.8 Å². The molecule has 7 atom stereocenters. The van der Waals surface area contributed by atoms with E-state index >= 15 is 0 Å². The van der Waals surface area contributed by atoms with Crippen molar-refractivity contribution in [2.75, 3.05) is 6.61 Å². The molecular formula is C33H56N4O11SSi. The smallest absolute Gasteiger partial charge is 0.330 e. The number of nitrogens with zero attached hydrogens (tertiary/aromatic N) is 2. The van der Waals surface area contributed by atoms with E-state index in [0.29, 0.717) is 30.6 Å². The molecule has 0 bridgehead atoms. The van der Waals surface area contributed by atoms with Crippen LogP contribution in [0.5, 0.6) is 0 Å². The number of aromatic amines is 2. The monoisotopic (exact) mass is 744 g/mol. The number of ether oxygens (including phenoxy) is 3. The van der Waals surface area contributed by atoms with E-state index in [9.17, 15) is 33.9 Å². The third-order valence-electron chi connectivity index (χ3n) is 8.91. The maximum atomic E-state index is 12.1. The van der Waals surface area contributed by atoms with Gasteiger partial charge >= 0.3 is 17.3 Å². The Morgan fingerprint density at radius 2 is 1.42 bits per heavy atom. The van der Waals surface area contributed by atoms with E-state index in [1.54, 1.807) is 27.7 Å². The molecule has 0 spiro atoms. The average molecular weight is 745 g/mol. The molecule has 284 valence electrons. The third-order valence-corrected chi connectivity index (χ3v) is 13.4. The summed E-state index contributed by atoms with van der Waals surface area (Å²) in [5.74, 6) is -0.174. The van der Waals surface area contributed by atoms with Crippen LogP contribution in [0.2, 0.25) is 18.1 Å². The number of aliphatic hydroxyl groups is 1. The van der Waals surface area contributed by atoms with Gasteiger partial charge in [-0.25, -0.2) is 9.59 Å². The first-order valence-electron chi connectivity index (χ1n) is 16.4. The second kappa shape index (κ2) is 18.4. The number of aryl methyl sites for hydroxylation is 2. The number of H-pyrrole nitrogens is 2. The number of hydrogen-bond donors (Lipinski definition) is 3. The van der Waals surface area contributed by atoms with Crippen LogP contribution in [-0.4, -0.2) is 75.3 Å². The minimum Gasteiger partial charge on any atom is -0.466 e. The standard InChI is InChI=1S/C17H28N2O5Si.C12H18N2O4.C4H8O2.H2S/c1-10-9-19(16(22)18-15(10)21)13-8-12(14(23-13)11(2)20)24-25(6,7)17(3,4)5;1-6-4-9(18-10(6)8(3)15)14-5-7(2)11(16)13-12(14)17;1-3-6-4(2)5;/h9,12-14H,8H2,1-7H3,(H,18,21,22);5-6,8-10,15H,4H2,1-3H3,(H,13,16,17);3H2,1-2H3;1H2/t12?,13-,14-;6?,8-,9+,10-;;/m10../s1. The second-order valence-corrected chi connectivity index (χ2v) is 18.9. The van der Waals surface area contributed by atoms with Gasteiger partial charge < -0.3 is 23.7 Å². The van der Waals surface area contributed by atoms with E-state index < -0.39 is 56.0 Å². The van der Waals surface area contributed by atoms with E-state index in [1.165, 1.54) is 35.4 Å². The van der Waals surface area contributed by atoms with E-state index in [2.05, 4.69) is 48.6 Å². The molecule has 0 aliphatic carbocycles. The number of carbonyl (C=O) groups is 2. The third kappa shape index (κ3) is 11.7. The molecule has 2 fully saturated rings. The van der Waals surface area contributed by atoms with E-state index in [4.69, 9.17) is 13.9 Å². The van der Waals surface area contributed by atoms with Crippen molar-refractivity contribution in [2.24, 2.45) is 5.92 Å². The van der Waals surface area contributed by atoms with Gasteiger partial charge in [0.1, 0.15) is 18.6 Å². The van der Waals surface area contributed by atoms with Crippen molar-refractivity contribution in [2.45, 2.75) is 137 Å². The fourth-order valence-electron chi connectivity index (χ4n) is 5.23. The zero-order valence-corrected chi connectivity index (χ0v) is 33.2. The molecule has 4 heterocycles. The molecule has 0 aromatic carbocycles. The van der Waals surface area contributed by atoms with Crippen LogP contribution >= 0.6 is 13.5 Å². The highest BCUT2D eigenvalue weighted by Crippen LogP contribution is 2.41. The van der Waals surface area contributed by atoms with Gasteiger partial charge in [-0.2, -0.15) is 13.5 Å². The van der Waals surface area contributed by atoms with Gasteiger partial charge in [-0.15, -0.1) is 0 Å². The average Bonchev–Trinajstić information content (AvgIpc) is 3.56. The topological polar surface area (TPSA) is 201 Å². The number of ketones is 1. The molecule has 17 heteroatoms. The minimum atomic E-state index is -2.10. The first-order valence-corrected chi connectivity index (χ1v) is 19.4. The second-order valence-electron chi connectivity index (χ2n) is 14.2. The van der Waals surface area contributed by atoms with Crippen LogP contribution in [0.1, 0.15) is 91.8 Å². The van der Waals surface area contributed by atoms with Crippen LogP contribution in [-0.2, 0) is 28.2 Å². The van der Waals surface area contributed by atoms with Gasteiger partial charge in [0.2, 0.25) is 0 Å². The quantitative estimate of drug-likeness (QED) is 0.278. The number of hydrogen-bond acceptors (Lipinski definition) is 11. The van der Waals surface area contributed by atoms with Crippen LogP contribution < -0.4 is 22.5 Å². The van der Waals surface area contributed by atoms with Gasteiger partial charge in [-0.1, -0.05) is 27.7 Å². The Labute approximate surface area is 300 Å². The van der Waals surface area contributed by atoms with Crippen LogP contribution in [0.4, 0.5) is 0 Å². The van der Waals surface area contributed by atoms with Crippen molar-refractivity contribution in [1.82, 2.24) is 19.1 Å². The van der Waals surface area contributed by atoms with Gasteiger partial charge in [0.05, 0.1) is 24.9 Å². The lowest BCUT2D eigenvalue weighted by molar-refractivity contribution is -0.140. The van der Waals surface area contributed by atoms with Crippen molar-refractivity contribution >= 4 is 33.6 Å². The van der Waals surface area contributed by atoms with E-state index in [-0.39, 0.29) is 47.9 Å². The SMILES string of the molecule is CC(=O)[C@H]1O[C@@H](n2cc(C)c(=O)[nH]c2=O)CC1O[Si](C)(C)C(C)(C)C.CCOC(C)=O.Cc1cn([C@H]2CC(C)[C@@H]([C@H](C)O)O2)c(=O)[nH]c1=O.S. The molecule has 0 saturated carbocycles. The lowest BCUT2D eigenvalue weighted by Crippen LogP contribution is -2.47. The predicted molar refractivity (Wildman–Crippen MR) is 195 cm³/mol. The summed E-state index contributed by atoms with van der Waals surface area (Å²) in [4.78, 5) is 73.1. The molecule has 3 N–H and O–H groups in total. The summed E-state index contributed by atoms with van der Waals surface area (Å²) in [5, 5.41) is 9.58. The van der Waals surface area contributed by atoms with E-state index in [0.717, 1.165) is 0 Å². The molecule has 2 aromatic rings. The molecule has 2 aliphatic heterocycles. The maximum Gasteiger partial charge on any atom is 0.330 e. The number of nitrogens with one attached hydrogen (secondary N) is 2. The molecule has 2 aliphatic rings. The molecule has 2 unspecified atom stereocenters. The molecule has 2 saturated heterocycles. The molecule has 4 rings (SSSR count). The molecule has 0 radical (unpaired) electrons. The summed E-state index contributed by atoms with van der Waals surface area (Å²) < 4.78 is 25.0. The molecule has 15 nitrogen and oxygen atoms in total. The summed E-state index contributed by atoms with van der Waals surface area (Å²) in [6, 6.07) is 0. The Morgan fingerprint density at radius 1 is 0.960 bits per heavy atom. The van der Waals surface area contributed by atoms with Gasteiger partial charge in [-0.3, -0.25) is 38.3 Å². The van der Waals surface area contributed by atoms with Gasteiger partial charge in [0.15, 0.2) is 14.1 Å². The molecule has 50 heavy (non-hydrogen) atoms. The Bertz CT molecular complexity index is 1690. The van der Waals surface area contributed by atoms with Crippen molar-refractivity contribution in [3.8, 4) is 0 Å². The molecular weight excluding hydrogens is 689 g/mol. The van der Waals surface area contributed by atoms with Crippen LogP contribution in [0.3, 0.4) is 0 Å². The number of rotatable bonds is 7. The summed E-state index contributed by atoms with van der Waals surface area (Å²) in [6.45, 7) is 22.7. The zero-order chi connectivity index (χ0) is 37.6. The largest absolute Gasteiger partial charge is 0.466 e. The highest BCUT2D eigenvalue weighted by Gasteiger charge is 2.46. The van der Waals surface area contributed by atoms with Crippen molar-refractivity contribution < 1.29 is 33.3 Å². The van der Waals surface area contributed by atoms with Gasteiger partial charge in [-0.05, 0) is 65.1 Å². The highest BCUT2D eigenvalue weighted by atomic mass is 32.1. The number of aromatic nitrogens is 4. The first kappa shape index (κ1) is 44.9. The Morgan fingerprint density at radius 3 is 1.76 bits per heavy atom. The zero-order valence-electron chi connectivity index (χ0n) is 31.2. The summed E-state index contributed by atoms with van der Waals surface area (Å²) in [5.41, 5.74) is -0.946. The predicted octanol–water partition coefficient (Wildman–Crippen LogP) is 2.94. The Hall–Kier alpha value is -3.09. The summed E-state index contributed by atoms with van der Waals surface area (Å²) in [7, 11) is -2.10. The number of Topliss-reactive ketones (excluding diaryl/α,β-unsaturated/α-hetero) is 1. The van der Waals surface area contributed by atoms with E-state index in [1.807, 2.05) is 6.92 Å². The number of esters is 1. The Balaban J connectivity index is 0.000000437. The first-order chi connectivity index (χ1) is 22.5. The number of carbonyl (C=O) groups excluding carboxylic acids is 2. The minimum absolute atomic E-state index is 0.